The van der Waals surface area contributed by atoms with Crippen LogP contribution in [-0.4, -0.2) is 29.6 Å². The molecular formula is C25H23N3OS2. The highest BCUT2D eigenvalue weighted by Crippen LogP contribution is 2.50. The monoisotopic (exact) mass is 445 g/mol. The number of amides is 1. The van der Waals surface area contributed by atoms with Crippen molar-refractivity contribution in [3.05, 3.63) is 76.7 Å². The predicted octanol–water partition coefficient (Wildman–Crippen LogP) is 6.61. The molecule has 0 N–H and O–H groups in total. The van der Waals surface area contributed by atoms with Crippen molar-refractivity contribution in [1.29, 1.82) is 0 Å². The van der Waals surface area contributed by atoms with Crippen LogP contribution in [0, 0.1) is 0 Å². The SMILES string of the molecule is CCCCN1C(=O)C(=C2Sc3ccccc3N2C)SC1=Nc1cccc2ccccc12. The van der Waals surface area contributed by atoms with E-state index < -0.39 is 0 Å². The number of benzene rings is 3. The van der Waals surface area contributed by atoms with E-state index in [0.29, 0.717) is 6.54 Å². The number of thioether (sulfide) groups is 2. The van der Waals surface area contributed by atoms with Gasteiger partial charge in [0, 0.05) is 23.9 Å². The molecule has 0 aliphatic carbocycles. The number of carbonyl (C=O) groups excluding carboxylic acids is 1. The third-order valence-corrected chi connectivity index (χ3v) is 7.95. The highest BCUT2D eigenvalue weighted by atomic mass is 32.2. The fourth-order valence-electron chi connectivity index (χ4n) is 3.84. The summed E-state index contributed by atoms with van der Waals surface area (Å²) < 4.78 is 0. The van der Waals surface area contributed by atoms with Gasteiger partial charge in [0.25, 0.3) is 5.91 Å². The Morgan fingerprint density at radius 1 is 0.935 bits per heavy atom. The van der Waals surface area contributed by atoms with E-state index in [2.05, 4.69) is 42.2 Å². The molecule has 0 atom stereocenters. The topological polar surface area (TPSA) is 35.9 Å². The summed E-state index contributed by atoms with van der Waals surface area (Å²) in [5, 5.41) is 4.00. The van der Waals surface area contributed by atoms with Gasteiger partial charge < -0.3 is 4.90 Å². The zero-order valence-electron chi connectivity index (χ0n) is 17.5. The summed E-state index contributed by atoms with van der Waals surface area (Å²) in [6.45, 7) is 2.83. The quantitative estimate of drug-likeness (QED) is 0.423. The lowest BCUT2D eigenvalue weighted by Gasteiger charge is -2.16. The molecule has 3 aromatic carbocycles. The van der Waals surface area contributed by atoms with E-state index in [9.17, 15) is 4.79 Å². The maximum Gasteiger partial charge on any atom is 0.269 e. The summed E-state index contributed by atoms with van der Waals surface area (Å²) in [5.41, 5.74) is 2.04. The first-order chi connectivity index (χ1) is 15.2. The highest BCUT2D eigenvalue weighted by molar-refractivity contribution is 8.19. The Morgan fingerprint density at radius 3 is 2.55 bits per heavy atom. The average molecular weight is 446 g/mol. The number of para-hydroxylation sites is 1. The van der Waals surface area contributed by atoms with Crippen LogP contribution in [0.1, 0.15) is 19.8 Å². The van der Waals surface area contributed by atoms with Crippen molar-refractivity contribution in [2.24, 2.45) is 4.99 Å². The molecule has 4 nitrogen and oxygen atoms in total. The van der Waals surface area contributed by atoms with E-state index in [1.54, 1.807) is 11.8 Å². The summed E-state index contributed by atoms with van der Waals surface area (Å²) in [4.78, 5) is 24.4. The van der Waals surface area contributed by atoms with E-state index in [4.69, 9.17) is 4.99 Å². The second-order valence-corrected chi connectivity index (χ2v) is 9.58. The summed E-state index contributed by atoms with van der Waals surface area (Å²) in [5.74, 6) is 0.0552. The van der Waals surface area contributed by atoms with Crippen molar-refractivity contribution in [3.8, 4) is 0 Å². The molecule has 2 heterocycles. The van der Waals surface area contributed by atoms with E-state index in [1.807, 2.05) is 48.3 Å². The fraction of sp³-hybridized carbons (Fsp3) is 0.200. The standard InChI is InChI=1S/C25H23N3OS2/c1-3-4-16-28-23(29)22(24-27(2)20-14-7-8-15-21(20)30-24)31-25(28)26-19-13-9-11-17-10-5-6-12-18(17)19/h5-15H,3-4,16H2,1-2H3. The summed E-state index contributed by atoms with van der Waals surface area (Å²) in [6, 6.07) is 22.7. The Labute approximate surface area is 191 Å². The molecule has 31 heavy (non-hydrogen) atoms. The second kappa shape index (κ2) is 8.44. The van der Waals surface area contributed by atoms with Crippen molar-refractivity contribution in [3.63, 3.8) is 0 Å². The Balaban J connectivity index is 1.58. The van der Waals surface area contributed by atoms with Crippen LogP contribution in [0.3, 0.4) is 0 Å². The van der Waals surface area contributed by atoms with Crippen LogP contribution in [0.4, 0.5) is 11.4 Å². The smallest absolute Gasteiger partial charge is 0.269 e. The molecule has 0 radical (unpaired) electrons. The van der Waals surface area contributed by atoms with Gasteiger partial charge in [-0.3, -0.25) is 9.69 Å². The molecular weight excluding hydrogens is 422 g/mol. The maximum atomic E-state index is 13.5. The average Bonchev–Trinajstić information content (AvgIpc) is 3.29. The van der Waals surface area contributed by atoms with Crippen molar-refractivity contribution in [1.82, 2.24) is 4.90 Å². The van der Waals surface area contributed by atoms with Crippen molar-refractivity contribution in [2.45, 2.75) is 24.7 Å². The number of amidine groups is 1. The predicted molar refractivity (Wildman–Crippen MR) is 133 cm³/mol. The Morgan fingerprint density at radius 2 is 1.71 bits per heavy atom. The molecule has 5 rings (SSSR count). The molecule has 0 spiro atoms. The van der Waals surface area contributed by atoms with Crippen LogP contribution in [0.2, 0.25) is 0 Å². The van der Waals surface area contributed by atoms with Gasteiger partial charge in [-0.2, -0.15) is 0 Å². The molecule has 2 aliphatic rings. The van der Waals surface area contributed by atoms with Crippen molar-refractivity contribution >= 4 is 56.7 Å². The first kappa shape index (κ1) is 20.2. The lowest BCUT2D eigenvalue weighted by Crippen LogP contribution is -2.30. The normalized spacial score (nSPS) is 19.7. The first-order valence-electron chi connectivity index (χ1n) is 10.5. The number of unbranched alkanes of at least 4 members (excludes halogenated alkanes) is 1. The first-order valence-corrected chi connectivity index (χ1v) is 12.1. The van der Waals surface area contributed by atoms with E-state index >= 15 is 0 Å². The van der Waals surface area contributed by atoms with Gasteiger partial charge in [-0.15, -0.1) is 0 Å². The molecule has 0 unspecified atom stereocenters. The zero-order chi connectivity index (χ0) is 21.4. The number of anilines is 1. The van der Waals surface area contributed by atoms with Gasteiger partial charge in [0.1, 0.15) is 4.91 Å². The van der Waals surface area contributed by atoms with Crippen LogP contribution in [0.15, 0.2) is 86.6 Å². The minimum Gasteiger partial charge on any atom is -0.337 e. The van der Waals surface area contributed by atoms with E-state index in [1.165, 1.54) is 16.7 Å². The van der Waals surface area contributed by atoms with Gasteiger partial charge in [0.05, 0.1) is 16.4 Å². The molecule has 6 heteroatoms. The van der Waals surface area contributed by atoms with Crippen molar-refractivity contribution < 1.29 is 4.79 Å². The van der Waals surface area contributed by atoms with Crippen LogP contribution in [0.25, 0.3) is 10.8 Å². The molecule has 0 saturated carbocycles. The lowest BCUT2D eigenvalue weighted by molar-refractivity contribution is -0.122. The minimum absolute atomic E-state index is 0.0552. The molecule has 1 fully saturated rings. The molecule has 0 bridgehead atoms. The van der Waals surface area contributed by atoms with Gasteiger partial charge >= 0.3 is 0 Å². The Hall–Kier alpha value is -2.70. The summed E-state index contributed by atoms with van der Waals surface area (Å²) >= 11 is 3.16. The number of hydrogen-bond acceptors (Lipinski definition) is 5. The number of hydrogen-bond donors (Lipinski definition) is 0. The summed E-state index contributed by atoms with van der Waals surface area (Å²) in [6.07, 6.45) is 1.98. The maximum absolute atomic E-state index is 13.5. The van der Waals surface area contributed by atoms with Crippen LogP contribution in [0.5, 0.6) is 0 Å². The number of carbonyl (C=O) groups is 1. The van der Waals surface area contributed by atoms with Crippen LogP contribution >= 0.6 is 23.5 Å². The molecule has 1 amide bonds. The van der Waals surface area contributed by atoms with Gasteiger partial charge in [0.15, 0.2) is 5.17 Å². The van der Waals surface area contributed by atoms with Crippen LogP contribution in [-0.2, 0) is 4.79 Å². The molecule has 0 aromatic heterocycles. The molecule has 2 aliphatic heterocycles. The second-order valence-electron chi connectivity index (χ2n) is 7.57. The van der Waals surface area contributed by atoms with Gasteiger partial charge in [-0.05, 0) is 41.8 Å². The highest BCUT2D eigenvalue weighted by Gasteiger charge is 2.38. The zero-order valence-corrected chi connectivity index (χ0v) is 19.2. The summed E-state index contributed by atoms with van der Waals surface area (Å²) in [7, 11) is 2.03. The number of nitrogens with zero attached hydrogens (tertiary/aromatic N) is 3. The van der Waals surface area contributed by atoms with E-state index in [0.717, 1.165) is 50.1 Å². The molecule has 1 saturated heterocycles. The van der Waals surface area contributed by atoms with Crippen LogP contribution < -0.4 is 4.90 Å². The van der Waals surface area contributed by atoms with Gasteiger partial charge in [0.2, 0.25) is 0 Å². The number of rotatable bonds is 4. The van der Waals surface area contributed by atoms with Crippen molar-refractivity contribution in [2.75, 3.05) is 18.5 Å². The third kappa shape index (κ3) is 3.64. The fourth-order valence-corrected chi connectivity index (χ4v) is 6.20. The van der Waals surface area contributed by atoms with E-state index in [-0.39, 0.29) is 5.91 Å². The minimum atomic E-state index is 0.0552. The number of fused-ring (bicyclic) bond motifs is 2. The Kier molecular flexibility index (Phi) is 5.50. The van der Waals surface area contributed by atoms with Gasteiger partial charge in [-0.25, -0.2) is 4.99 Å². The van der Waals surface area contributed by atoms with Gasteiger partial charge in [-0.1, -0.05) is 73.6 Å². The molecule has 3 aromatic rings. The third-order valence-electron chi connectivity index (χ3n) is 5.51. The molecule has 156 valence electrons. The lowest BCUT2D eigenvalue weighted by atomic mass is 10.1. The number of aliphatic imine (C=N–C) groups is 1. The Bertz CT molecular complexity index is 1230. The largest absolute Gasteiger partial charge is 0.337 e.